The Morgan fingerprint density at radius 1 is 0.929 bits per heavy atom. The summed E-state index contributed by atoms with van der Waals surface area (Å²) >= 11 is 0. The highest BCUT2D eigenvalue weighted by Gasteiger charge is 2.16. The predicted octanol–water partition coefficient (Wildman–Crippen LogP) is 4.48. The van der Waals surface area contributed by atoms with Crippen molar-refractivity contribution in [2.75, 3.05) is 16.8 Å². The van der Waals surface area contributed by atoms with Crippen molar-refractivity contribution < 1.29 is 9.59 Å². The fraction of sp³-hybridized carbons (Fsp3) is 0.0870. The Bertz CT molecular complexity index is 1020. The maximum absolute atomic E-state index is 12.8. The number of hydrogen-bond acceptors (Lipinski definition) is 3. The lowest BCUT2D eigenvalue weighted by atomic mass is 10.1. The van der Waals surface area contributed by atoms with Gasteiger partial charge in [0.25, 0.3) is 11.8 Å². The van der Waals surface area contributed by atoms with Gasteiger partial charge in [0.1, 0.15) is 0 Å². The topological polar surface area (TPSA) is 73.2 Å². The standard InChI is InChI=1S/C23H19N3O2/c1-2-26(21-9-4-3-5-10-21)23(28)19-13-11-18(12-14-19)22(27)25-20-8-6-7-17(15-20)16-24/h3-15H,2H2,1H3,(H,25,27). The fourth-order valence-electron chi connectivity index (χ4n) is 2.84. The number of amides is 2. The minimum Gasteiger partial charge on any atom is -0.322 e. The molecule has 2 amide bonds. The first kappa shape index (κ1) is 18.9. The van der Waals surface area contributed by atoms with Crippen molar-refractivity contribution in [3.63, 3.8) is 0 Å². The Labute approximate surface area is 163 Å². The lowest BCUT2D eigenvalue weighted by Crippen LogP contribution is -2.30. The van der Waals surface area contributed by atoms with Crippen LogP contribution in [0.15, 0.2) is 78.9 Å². The van der Waals surface area contributed by atoms with Crippen LogP contribution in [0.5, 0.6) is 0 Å². The SMILES string of the molecule is CCN(C(=O)c1ccc(C(=O)Nc2cccc(C#N)c2)cc1)c1ccccc1. The number of hydrogen-bond donors (Lipinski definition) is 1. The number of rotatable bonds is 5. The van der Waals surface area contributed by atoms with E-state index in [-0.39, 0.29) is 11.8 Å². The summed E-state index contributed by atoms with van der Waals surface area (Å²) in [5.74, 6) is -0.424. The molecule has 5 nitrogen and oxygen atoms in total. The van der Waals surface area contributed by atoms with E-state index in [0.717, 1.165) is 5.69 Å². The first-order valence-electron chi connectivity index (χ1n) is 8.91. The Balaban J connectivity index is 1.74. The van der Waals surface area contributed by atoms with Crippen LogP contribution in [-0.4, -0.2) is 18.4 Å². The lowest BCUT2D eigenvalue weighted by molar-refractivity contribution is 0.0985. The number of nitrogens with zero attached hydrogens (tertiary/aromatic N) is 2. The van der Waals surface area contributed by atoms with Gasteiger partial charge >= 0.3 is 0 Å². The zero-order valence-corrected chi connectivity index (χ0v) is 15.4. The van der Waals surface area contributed by atoms with E-state index in [4.69, 9.17) is 5.26 Å². The molecule has 28 heavy (non-hydrogen) atoms. The highest BCUT2D eigenvalue weighted by atomic mass is 16.2. The predicted molar refractivity (Wildman–Crippen MR) is 109 cm³/mol. The van der Waals surface area contributed by atoms with Crippen LogP contribution in [-0.2, 0) is 0 Å². The second-order valence-electron chi connectivity index (χ2n) is 6.11. The Morgan fingerprint density at radius 3 is 2.25 bits per heavy atom. The monoisotopic (exact) mass is 369 g/mol. The molecule has 0 spiro atoms. The van der Waals surface area contributed by atoms with Crippen LogP contribution >= 0.6 is 0 Å². The molecule has 3 aromatic rings. The highest BCUT2D eigenvalue weighted by molar-refractivity contribution is 6.08. The van der Waals surface area contributed by atoms with Gasteiger partial charge in [-0.05, 0) is 61.5 Å². The number of nitrogens with one attached hydrogen (secondary N) is 1. The van der Waals surface area contributed by atoms with Crippen LogP contribution in [0.25, 0.3) is 0 Å². The third-order valence-corrected chi connectivity index (χ3v) is 4.27. The summed E-state index contributed by atoms with van der Waals surface area (Å²) in [5.41, 5.74) is 2.79. The molecular formula is C23H19N3O2. The number of carbonyl (C=O) groups is 2. The molecule has 3 aromatic carbocycles. The molecule has 0 saturated carbocycles. The normalized spacial score (nSPS) is 10.0. The van der Waals surface area contributed by atoms with Crippen LogP contribution in [0.4, 0.5) is 11.4 Å². The largest absolute Gasteiger partial charge is 0.322 e. The Hall–Kier alpha value is -3.91. The molecule has 0 heterocycles. The van der Waals surface area contributed by atoms with E-state index in [9.17, 15) is 9.59 Å². The van der Waals surface area contributed by atoms with Gasteiger partial charge < -0.3 is 10.2 Å². The second-order valence-corrected chi connectivity index (χ2v) is 6.11. The van der Waals surface area contributed by atoms with Crippen molar-refractivity contribution in [3.8, 4) is 6.07 Å². The van der Waals surface area contributed by atoms with E-state index in [2.05, 4.69) is 5.32 Å². The molecular weight excluding hydrogens is 350 g/mol. The third kappa shape index (κ3) is 4.25. The number of para-hydroxylation sites is 1. The zero-order chi connectivity index (χ0) is 19.9. The van der Waals surface area contributed by atoms with Crippen LogP contribution < -0.4 is 10.2 Å². The van der Waals surface area contributed by atoms with Crippen molar-refractivity contribution in [2.45, 2.75) is 6.92 Å². The summed E-state index contributed by atoms with van der Waals surface area (Å²) < 4.78 is 0. The van der Waals surface area contributed by atoms with Crippen molar-refractivity contribution in [1.29, 1.82) is 5.26 Å². The fourth-order valence-corrected chi connectivity index (χ4v) is 2.84. The summed E-state index contributed by atoms with van der Waals surface area (Å²) in [5, 5.41) is 11.7. The van der Waals surface area contributed by atoms with E-state index in [1.54, 1.807) is 53.4 Å². The van der Waals surface area contributed by atoms with Gasteiger partial charge in [-0.25, -0.2) is 0 Å². The van der Waals surface area contributed by atoms with E-state index >= 15 is 0 Å². The van der Waals surface area contributed by atoms with Crippen LogP contribution in [0.1, 0.15) is 33.2 Å². The number of anilines is 2. The first-order valence-corrected chi connectivity index (χ1v) is 8.91. The number of nitriles is 1. The maximum atomic E-state index is 12.8. The van der Waals surface area contributed by atoms with Gasteiger partial charge in [-0.1, -0.05) is 24.3 Å². The van der Waals surface area contributed by atoms with Gasteiger partial charge in [-0.15, -0.1) is 0 Å². The molecule has 138 valence electrons. The first-order chi connectivity index (χ1) is 13.6. The summed E-state index contributed by atoms with van der Waals surface area (Å²) in [7, 11) is 0. The molecule has 1 N–H and O–H groups in total. The van der Waals surface area contributed by atoms with Crippen LogP contribution in [0.2, 0.25) is 0 Å². The van der Waals surface area contributed by atoms with E-state index in [0.29, 0.717) is 28.9 Å². The Kier molecular flexibility index (Phi) is 5.83. The van der Waals surface area contributed by atoms with Gasteiger partial charge in [-0.3, -0.25) is 9.59 Å². The lowest BCUT2D eigenvalue weighted by Gasteiger charge is -2.21. The molecule has 0 aliphatic carbocycles. The van der Waals surface area contributed by atoms with E-state index < -0.39 is 0 Å². The van der Waals surface area contributed by atoms with Crippen molar-refractivity contribution in [3.05, 3.63) is 95.6 Å². The molecule has 0 unspecified atom stereocenters. The van der Waals surface area contributed by atoms with Crippen LogP contribution in [0, 0.1) is 11.3 Å². The van der Waals surface area contributed by atoms with Gasteiger partial charge in [0.15, 0.2) is 0 Å². The van der Waals surface area contributed by atoms with Gasteiger partial charge in [0, 0.05) is 29.0 Å². The molecule has 0 aliphatic rings. The molecule has 0 saturated heterocycles. The smallest absolute Gasteiger partial charge is 0.258 e. The molecule has 0 atom stereocenters. The van der Waals surface area contributed by atoms with Gasteiger partial charge in [0.2, 0.25) is 0 Å². The maximum Gasteiger partial charge on any atom is 0.258 e. The summed E-state index contributed by atoms with van der Waals surface area (Å²) in [6.45, 7) is 2.46. The molecule has 3 rings (SSSR count). The summed E-state index contributed by atoms with van der Waals surface area (Å²) in [6.07, 6.45) is 0. The van der Waals surface area contributed by atoms with E-state index in [1.807, 2.05) is 43.3 Å². The van der Waals surface area contributed by atoms with Crippen molar-refractivity contribution >= 4 is 23.2 Å². The Morgan fingerprint density at radius 2 is 1.61 bits per heavy atom. The van der Waals surface area contributed by atoms with Crippen molar-refractivity contribution in [1.82, 2.24) is 0 Å². The molecule has 0 bridgehead atoms. The van der Waals surface area contributed by atoms with Crippen molar-refractivity contribution in [2.24, 2.45) is 0 Å². The van der Waals surface area contributed by atoms with Gasteiger partial charge in [-0.2, -0.15) is 5.26 Å². The minimum atomic E-state index is -0.301. The molecule has 0 aromatic heterocycles. The second kappa shape index (κ2) is 8.65. The molecule has 0 aliphatic heterocycles. The zero-order valence-electron chi connectivity index (χ0n) is 15.4. The highest BCUT2D eigenvalue weighted by Crippen LogP contribution is 2.18. The summed E-state index contributed by atoms with van der Waals surface area (Å²) in [4.78, 5) is 26.9. The average molecular weight is 369 g/mol. The molecule has 0 fully saturated rings. The number of carbonyl (C=O) groups excluding carboxylic acids is 2. The van der Waals surface area contributed by atoms with E-state index in [1.165, 1.54) is 0 Å². The van der Waals surface area contributed by atoms with Gasteiger partial charge in [0.05, 0.1) is 11.6 Å². The number of benzene rings is 3. The minimum absolute atomic E-state index is 0.123. The third-order valence-electron chi connectivity index (χ3n) is 4.27. The average Bonchev–Trinajstić information content (AvgIpc) is 2.75. The summed E-state index contributed by atoms with van der Waals surface area (Å²) in [6, 6.07) is 24.7. The quantitative estimate of drug-likeness (QED) is 0.721. The molecule has 5 heteroatoms. The molecule has 0 radical (unpaired) electrons. The van der Waals surface area contributed by atoms with Crippen LogP contribution in [0.3, 0.4) is 0 Å².